The minimum Gasteiger partial charge on any atom is -0.455 e. The lowest BCUT2D eigenvalue weighted by atomic mass is 9.98. The van der Waals surface area contributed by atoms with E-state index in [1.807, 2.05) is 11.3 Å². The second kappa shape index (κ2) is 13.8. The van der Waals surface area contributed by atoms with Crippen LogP contribution in [0.3, 0.4) is 0 Å². The number of furan rings is 1. The quantitative estimate of drug-likeness (QED) is 0.162. The molecule has 0 aliphatic rings. The summed E-state index contributed by atoms with van der Waals surface area (Å²) in [6.45, 7) is 0. The van der Waals surface area contributed by atoms with E-state index >= 15 is 0 Å². The van der Waals surface area contributed by atoms with Gasteiger partial charge in [0.25, 0.3) is 0 Å². The van der Waals surface area contributed by atoms with E-state index in [1.165, 1.54) is 36.9 Å². The lowest BCUT2D eigenvalue weighted by Crippen LogP contribution is -2.11. The fourth-order valence-corrected chi connectivity index (χ4v) is 9.54. The van der Waals surface area contributed by atoms with Crippen LogP contribution in [0, 0.1) is 0 Å². The minimum absolute atomic E-state index is 0.863. The summed E-state index contributed by atoms with van der Waals surface area (Å²) in [5, 5.41) is 4.65. The summed E-state index contributed by atoms with van der Waals surface area (Å²) < 4.78 is 9.55. The van der Waals surface area contributed by atoms with E-state index in [0.717, 1.165) is 66.8 Å². The maximum Gasteiger partial charge on any atom is 0.145 e. The number of rotatable bonds is 7. The summed E-state index contributed by atoms with van der Waals surface area (Å²) in [7, 11) is 0. The van der Waals surface area contributed by atoms with Crippen molar-refractivity contribution in [2.45, 2.75) is 0 Å². The predicted octanol–water partition coefficient (Wildman–Crippen LogP) is 16.1. The van der Waals surface area contributed by atoms with Gasteiger partial charge in [0.2, 0.25) is 0 Å². The zero-order valence-corrected chi connectivity index (χ0v) is 31.8. The van der Waals surface area contributed by atoms with Crippen molar-refractivity contribution in [1.82, 2.24) is 0 Å². The average molecular weight is 746 g/mol. The molecule has 11 rings (SSSR count). The van der Waals surface area contributed by atoms with E-state index < -0.39 is 0 Å². The largest absolute Gasteiger partial charge is 0.455 e. The van der Waals surface area contributed by atoms with Gasteiger partial charge in [0, 0.05) is 36.8 Å². The van der Waals surface area contributed by atoms with Crippen LogP contribution in [-0.4, -0.2) is 0 Å². The van der Waals surface area contributed by atoms with Crippen LogP contribution in [0.2, 0.25) is 0 Å². The highest BCUT2D eigenvalue weighted by Crippen LogP contribution is 2.50. The van der Waals surface area contributed by atoms with Gasteiger partial charge in [-0.1, -0.05) is 158 Å². The Labute approximate surface area is 335 Å². The van der Waals surface area contributed by atoms with Crippen LogP contribution in [-0.2, 0) is 0 Å². The van der Waals surface area contributed by atoms with Crippen LogP contribution >= 0.6 is 11.3 Å². The lowest BCUT2D eigenvalue weighted by molar-refractivity contribution is 0.670. The number of fused-ring (bicyclic) bond motifs is 6. The van der Waals surface area contributed by atoms with Crippen LogP contribution in [0.25, 0.3) is 86.6 Å². The van der Waals surface area contributed by atoms with Gasteiger partial charge in [-0.2, -0.15) is 0 Å². The smallest absolute Gasteiger partial charge is 0.145 e. The summed E-state index contributed by atoms with van der Waals surface area (Å²) in [5.41, 5.74) is 14.3. The van der Waals surface area contributed by atoms with Crippen molar-refractivity contribution in [1.29, 1.82) is 0 Å². The molecule has 11 aromatic rings. The van der Waals surface area contributed by atoms with E-state index in [9.17, 15) is 0 Å². The molecule has 2 nitrogen and oxygen atoms in total. The van der Waals surface area contributed by atoms with Gasteiger partial charge < -0.3 is 9.32 Å². The average Bonchev–Trinajstić information content (AvgIpc) is 3.87. The van der Waals surface area contributed by atoms with Crippen molar-refractivity contribution in [3.63, 3.8) is 0 Å². The molecule has 0 amide bonds. The highest BCUT2D eigenvalue weighted by atomic mass is 32.1. The van der Waals surface area contributed by atoms with Gasteiger partial charge >= 0.3 is 0 Å². The molecule has 0 atom stereocenters. The highest BCUT2D eigenvalue weighted by Gasteiger charge is 2.25. The molecular weight excluding hydrogens is 711 g/mol. The Hall–Kier alpha value is -7.20. The zero-order valence-electron chi connectivity index (χ0n) is 31.0. The van der Waals surface area contributed by atoms with Gasteiger partial charge in [0.15, 0.2) is 0 Å². The van der Waals surface area contributed by atoms with Crippen molar-refractivity contribution in [2.75, 3.05) is 4.90 Å². The maximum absolute atomic E-state index is 7.03. The van der Waals surface area contributed by atoms with Crippen molar-refractivity contribution < 1.29 is 4.42 Å². The van der Waals surface area contributed by atoms with E-state index in [0.29, 0.717) is 0 Å². The molecule has 57 heavy (non-hydrogen) atoms. The summed E-state index contributed by atoms with van der Waals surface area (Å²) >= 11 is 1.85. The molecule has 0 fully saturated rings. The van der Waals surface area contributed by atoms with Gasteiger partial charge in [0.05, 0.1) is 16.8 Å². The summed E-state index contributed by atoms with van der Waals surface area (Å²) in [6, 6.07) is 76.2. The normalized spacial score (nSPS) is 11.5. The molecule has 0 saturated carbocycles. The summed E-state index contributed by atoms with van der Waals surface area (Å²) in [6.07, 6.45) is 0. The predicted molar refractivity (Wildman–Crippen MR) is 243 cm³/mol. The molecule has 2 aromatic heterocycles. The van der Waals surface area contributed by atoms with Crippen LogP contribution in [0.15, 0.2) is 217 Å². The summed E-state index contributed by atoms with van der Waals surface area (Å²) in [5.74, 6) is 0. The maximum atomic E-state index is 7.03. The lowest BCUT2D eigenvalue weighted by Gasteiger charge is -2.28. The van der Waals surface area contributed by atoms with E-state index in [2.05, 4.69) is 217 Å². The Bertz CT molecular complexity index is 3220. The molecule has 0 aliphatic carbocycles. The Morgan fingerprint density at radius 1 is 0.351 bits per heavy atom. The number of nitrogens with zero attached hydrogens (tertiary/aromatic N) is 1. The number of anilines is 3. The number of hydrogen-bond acceptors (Lipinski definition) is 3. The van der Waals surface area contributed by atoms with Gasteiger partial charge in [-0.3, -0.25) is 0 Å². The Balaban J connectivity index is 1.20. The third-order valence-electron chi connectivity index (χ3n) is 11.1. The topological polar surface area (TPSA) is 16.4 Å². The minimum atomic E-state index is 0.863. The van der Waals surface area contributed by atoms with Crippen molar-refractivity contribution in [3.05, 3.63) is 212 Å². The first-order valence-electron chi connectivity index (χ1n) is 19.3. The van der Waals surface area contributed by atoms with Gasteiger partial charge in [-0.05, 0) is 93.5 Å². The third kappa shape index (κ3) is 5.80. The molecule has 9 aromatic carbocycles. The first-order chi connectivity index (χ1) is 28.3. The van der Waals surface area contributed by atoms with Crippen LogP contribution < -0.4 is 4.90 Å². The summed E-state index contributed by atoms with van der Waals surface area (Å²) in [4.78, 5) is 2.46. The van der Waals surface area contributed by atoms with Crippen molar-refractivity contribution in [2.24, 2.45) is 0 Å². The van der Waals surface area contributed by atoms with E-state index in [4.69, 9.17) is 4.42 Å². The number of hydrogen-bond donors (Lipinski definition) is 0. The highest BCUT2D eigenvalue weighted by molar-refractivity contribution is 7.26. The molecule has 3 heteroatoms. The molecule has 0 unspecified atom stereocenters. The zero-order chi connectivity index (χ0) is 37.7. The third-order valence-corrected chi connectivity index (χ3v) is 12.2. The molecular formula is C54H35NOS. The van der Waals surface area contributed by atoms with E-state index in [-0.39, 0.29) is 0 Å². The Kier molecular flexibility index (Phi) is 8.04. The molecule has 268 valence electrons. The fourth-order valence-electron chi connectivity index (χ4n) is 8.37. The fraction of sp³-hybridized carbons (Fsp3) is 0. The monoisotopic (exact) mass is 745 g/mol. The standard InChI is InChI=1S/C54H35NOS/c1-5-15-36(16-6-1)40-23-13-24-43(33-40)55(47-25-14-26-50-52(47)46-30-28-42(35-51(46)57-50)38-19-9-3-10-20-38)48-32-31-44(39-21-11-4-12-22-39)54-53(48)45-29-27-41(34-49(45)56-54)37-17-7-2-8-18-37/h1-35H. The van der Waals surface area contributed by atoms with Gasteiger partial charge in [-0.15, -0.1) is 11.3 Å². The van der Waals surface area contributed by atoms with Crippen molar-refractivity contribution >= 4 is 70.5 Å². The Morgan fingerprint density at radius 2 is 0.895 bits per heavy atom. The van der Waals surface area contributed by atoms with Crippen molar-refractivity contribution in [3.8, 4) is 44.5 Å². The second-order valence-electron chi connectivity index (χ2n) is 14.5. The Morgan fingerprint density at radius 3 is 1.56 bits per heavy atom. The van der Waals surface area contributed by atoms with Crippen LogP contribution in [0.4, 0.5) is 17.1 Å². The molecule has 0 aliphatic heterocycles. The molecule has 2 heterocycles. The second-order valence-corrected chi connectivity index (χ2v) is 15.5. The van der Waals surface area contributed by atoms with Crippen LogP contribution in [0.5, 0.6) is 0 Å². The number of thiophene rings is 1. The molecule has 0 radical (unpaired) electrons. The van der Waals surface area contributed by atoms with E-state index in [1.54, 1.807) is 0 Å². The first kappa shape index (κ1) is 33.2. The molecule has 0 N–H and O–H groups in total. The molecule has 0 saturated heterocycles. The van der Waals surface area contributed by atoms with Crippen LogP contribution in [0.1, 0.15) is 0 Å². The van der Waals surface area contributed by atoms with Gasteiger partial charge in [-0.25, -0.2) is 0 Å². The van der Waals surface area contributed by atoms with Gasteiger partial charge in [0.1, 0.15) is 11.2 Å². The molecule has 0 bridgehead atoms. The SMILES string of the molecule is c1ccc(-c2cccc(N(c3cccc4sc5cc(-c6ccccc6)ccc5c34)c3ccc(-c4ccccc4)c4oc5cc(-c6ccccc6)ccc5c34)c2)cc1. The molecule has 0 spiro atoms. The first-order valence-corrected chi connectivity index (χ1v) is 20.1. The number of benzene rings is 9.